The van der Waals surface area contributed by atoms with Crippen LogP contribution in [0.3, 0.4) is 0 Å². The lowest BCUT2D eigenvalue weighted by Crippen LogP contribution is -1.99. The normalized spacial score (nSPS) is 11.7. The number of pyridine rings is 3. The molecule has 5 heteroatoms. The van der Waals surface area contributed by atoms with E-state index in [-0.39, 0.29) is 0 Å². The summed E-state index contributed by atoms with van der Waals surface area (Å²) in [6.45, 7) is 2.17. The van der Waals surface area contributed by atoms with Gasteiger partial charge in [-0.15, -0.1) is 0 Å². The van der Waals surface area contributed by atoms with Crippen LogP contribution in [0, 0.1) is 0 Å². The van der Waals surface area contributed by atoms with E-state index in [9.17, 15) is 0 Å². The van der Waals surface area contributed by atoms with Gasteiger partial charge in [-0.2, -0.15) is 0 Å². The van der Waals surface area contributed by atoms with Crippen LogP contribution >= 0.6 is 0 Å². The summed E-state index contributed by atoms with van der Waals surface area (Å²) in [4.78, 5) is 21.0. The molecular formula is C52H35N5. The zero-order valence-corrected chi connectivity index (χ0v) is 31.3. The monoisotopic (exact) mass is 729 g/mol. The first-order valence-electron chi connectivity index (χ1n) is 19.5. The predicted octanol–water partition coefficient (Wildman–Crippen LogP) is 13.1. The zero-order valence-electron chi connectivity index (χ0n) is 31.3. The molecule has 4 aromatic heterocycles. The van der Waals surface area contributed by atoms with Crippen molar-refractivity contribution in [2.75, 3.05) is 0 Å². The Labute approximate surface area is 329 Å². The lowest BCUT2D eigenvalue weighted by atomic mass is 9.96. The van der Waals surface area contributed by atoms with Gasteiger partial charge < -0.3 is 0 Å². The molecule has 0 atom stereocenters. The highest BCUT2D eigenvalue weighted by Crippen LogP contribution is 2.39. The average Bonchev–Trinajstić information content (AvgIpc) is 3.68. The summed E-state index contributed by atoms with van der Waals surface area (Å²) < 4.78 is 2.29. The Morgan fingerprint density at radius 2 is 1.02 bits per heavy atom. The number of aromatic nitrogens is 5. The quantitative estimate of drug-likeness (QED) is 0.160. The molecule has 5 nitrogen and oxygen atoms in total. The number of nitrogens with zero attached hydrogens (tertiary/aromatic N) is 5. The number of rotatable bonds is 6. The van der Waals surface area contributed by atoms with Gasteiger partial charge in [0, 0.05) is 50.3 Å². The largest absolute Gasteiger partial charge is 0.296 e. The molecule has 4 heterocycles. The van der Waals surface area contributed by atoms with Gasteiger partial charge in [0.25, 0.3) is 0 Å². The Bertz CT molecular complexity index is 3310. The highest BCUT2D eigenvalue weighted by molar-refractivity contribution is 6.20. The lowest BCUT2D eigenvalue weighted by molar-refractivity contribution is 0.908. The molecule has 7 aromatic carbocycles. The summed E-state index contributed by atoms with van der Waals surface area (Å²) in [5, 5.41) is 5.50. The second-order valence-electron chi connectivity index (χ2n) is 14.5. The molecule has 0 aliphatic heterocycles. The molecule has 11 rings (SSSR count). The van der Waals surface area contributed by atoms with E-state index in [4.69, 9.17) is 19.9 Å². The van der Waals surface area contributed by atoms with E-state index >= 15 is 0 Å². The highest BCUT2D eigenvalue weighted by Gasteiger charge is 2.20. The summed E-state index contributed by atoms with van der Waals surface area (Å²) in [5.41, 5.74) is 14.2. The maximum absolute atomic E-state index is 5.36. The fourth-order valence-electron chi connectivity index (χ4n) is 8.32. The van der Waals surface area contributed by atoms with Gasteiger partial charge in [-0.05, 0) is 59.0 Å². The molecule has 0 spiro atoms. The summed E-state index contributed by atoms with van der Waals surface area (Å²) in [6.07, 6.45) is 0.810. The second kappa shape index (κ2) is 13.4. The number of imidazole rings is 1. The minimum absolute atomic E-state index is 0.810. The van der Waals surface area contributed by atoms with Crippen LogP contribution in [-0.2, 0) is 6.42 Å². The van der Waals surface area contributed by atoms with E-state index in [2.05, 4.69) is 175 Å². The first-order chi connectivity index (χ1) is 28.2. The molecular weight excluding hydrogens is 695 g/mol. The Hall–Kier alpha value is -7.50. The standard InChI is InChI=1S/C52H35N5/c1-2-47-56-52-46(57(47)40-16-7-4-8-17-40)31-28-42-41-18-9-10-19-45(41)55-49(48(42)52)39-15-11-14-38(32-39)33-20-22-35(23-21-33)44-30-27-37-25-24-36-26-29-43(34-12-5-3-6-13-34)53-50(36)51(37)54-44/h3-32H,2H2,1H3. The first kappa shape index (κ1) is 32.9. The summed E-state index contributed by atoms with van der Waals surface area (Å²) in [5.74, 6) is 1.03. The van der Waals surface area contributed by atoms with Gasteiger partial charge in [0.2, 0.25) is 0 Å². The van der Waals surface area contributed by atoms with E-state index in [1.165, 1.54) is 0 Å². The van der Waals surface area contributed by atoms with Gasteiger partial charge in [0.1, 0.15) is 5.82 Å². The Balaban J connectivity index is 1.01. The molecule has 0 amide bonds. The van der Waals surface area contributed by atoms with Crippen LogP contribution in [-0.4, -0.2) is 24.5 Å². The molecule has 11 aromatic rings. The van der Waals surface area contributed by atoms with Crippen molar-refractivity contribution in [3.8, 4) is 50.6 Å². The number of hydrogen-bond acceptors (Lipinski definition) is 4. The van der Waals surface area contributed by atoms with E-state index in [1.807, 2.05) is 18.2 Å². The van der Waals surface area contributed by atoms with Crippen molar-refractivity contribution in [2.24, 2.45) is 0 Å². The molecule has 0 saturated heterocycles. The van der Waals surface area contributed by atoms with Gasteiger partial charge in [-0.3, -0.25) is 4.57 Å². The van der Waals surface area contributed by atoms with Gasteiger partial charge in [0.05, 0.1) is 44.7 Å². The Kier molecular flexibility index (Phi) is 7.71. The third-order valence-electron chi connectivity index (χ3n) is 11.1. The molecule has 0 bridgehead atoms. The minimum Gasteiger partial charge on any atom is -0.296 e. The van der Waals surface area contributed by atoms with Crippen LogP contribution in [0.4, 0.5) is 0 Å². The molecule has 0 aliphatic carbocycles. The van der Waals surface area contributed by atoms with Crippen molar-refractivity contribution in [1.29, 1.82) is 0 Å². The van der Waals surface area contributed by atoms with Crippen molar-refractivity contribution < 1.29 is 0 Å². The average molecular weight is 730 g/mol. The van der Waals surface area contributed by atoms with E-state index in [0.717, 1.165) is 117 Å². The van der Waals surface area contributed by atoms with Crippen LogP contribution < -0.4 is 0 Å². The summed E-state index contributed by atoms with van der Waals surface area (Å²) in [7, 11) is 0. The Morgan fingerprint density at radius 3 is 1.74 bits per heavy atom. The fourth-order valence-corrected chi connectivity index (χ4v) is 8.32. The molecule has 0 N–H and O–H groups in total. The van der Waals surface area contributed by atoms with Crippen LogP contribution in [0.1, 0.15) is 12.7 Å². The first-order valence-corrected chi connectivity index (χ1v) is 19.5. The lowest BCUT2D eigenvalue weighted by Gasteiger charge is -2.13. The van der Waals surface area contributed by atoms with Crippen LogP contribution in [0.5, 0.6) is 0 Å². The van der Waals surface area contributed by atoms with E-state index in [1.54, 1.807) is 0 Å². The number of aryl methyl sites for hydroxylation is 1. The zero-order chi connectivity index (χ0) is 37.9. The molecule has 57 heavy (non-hydrogen) atoms. The number of fused-ring (bicyclic) bond motifs is 8. The number of benzene rings is 7. The summed E-state index contributed by atoms with van der Waals surface area (Å²) >= 11 is 0. The van der Waals surface area contributed by atoms with Gasteiger partial charge in [-0.25, -0.2) is 19.9 Å². The van der Waals surface area contributed by atoms with Crippen molar-refractivity contribution in [3.63, 3.8) is 0 Å². The number of hydrogen-bond donors (Lipinski definition) is 0. The van der Waals surface area contributed by atoms with Crippen molar-refractivity contribution in [2.45, 2.75) is 13.3 Å². The highest BCUT2D eigenvalue weighted by atomic mass is 15.1. The van der Waals surface area contributed by atoms with Crippen LogP contribution in [0.25, 0.3) is 105 Å². The van der Waals surface area contributed by atoms with Crippen LogP contribution in [0.15, 0.2) is 182 Å². The topological polar surface area (TPSA) is 56.5 Å². The van der Waals surface area contributed by atoms with E-state index < -0.39 is 0 Å². The molecule has 0 radical (unpaired) electrons. The fraction of sp³-hybridized carbons (Fsp3) is 0.0385. The Morgan fingerprint density at radius 1 is 0.421 bits per heavy atom. The van der Waals surface area contributed by atoms with Gasteiger partial charge in [-0.1, -0.05) is 146 Å². The molecule has 0 saturated carbocycles. The molecule has 0 aliphatic rings. The van der Waals surface area contributed by atoms with Crippen LogP contribution in [0.2, 0.25) is 0 Å². The second-order valence-corrected chi connectivity index (χ2v) is 14.5. The van der Waals surface area contributed by atoms with Gasteiger partial charge in [0.15, 0.2) is 0 Å². The molecule has 268 valence electrons. The molecule has 0 unspecified atom stereocenters. The summed E-state index contributed by atoms with van der Waals surface area (Å²) in [6, 6.07) is 63.9. The SMILES string of the molecule is CCc1nc2c3c(-c4cccc(-c5ccc(-c6ccc7ccc8ccc(-c9ccccc9)nc8c7n6)cc5)c4)nc4ccccc4c3ccc2n1-c1ccccc1. The minimum atomic E-state index is 0.810. The smallest absolute Gasteiger partial charge is 0.114 e. The van der Waals surface area contributed by atoms with Gasteiger partial charge >= 0.3 is 0 Å². The maximum Gasteiger partial charge on any atom is 0.114 e. The van der Waals surface area contributed by atoms with Crippen molar-refractivity contribution >= 4 is 54.5 Å². The van der Waals surface area contributed by atoms with Crippen molar-refractivity contribution in [3.05, 3.63) is 188 Å². The van der Waals surface area contributed by atoms with E-state index in [0.29, 0.717) is 0 Å². The van der Waals surface area contributed by atoms with Crippen molar-refractivity contribution in [1.82, 2.24) is 24.5 Å². The number of para-hydroxylation sites is 2. The third-order valence-corrected chi connectivity index (χ3v) is 11.1. The third kappa shape index (κ3) is 5.55. The predicted molar refractivity (Wildman–Crippen MR) is 236 cm³/mol. The maximum atomic E-state index is 5.36. The molecule has 0 fully saturated rings.